The lowest BCUT2D eigenvalue weighted by atomic mass is 9.76. The Bertz CT molecular complexity index is 942. The topological polar surface area (TPSA) is 67.4 Å². The smallest absolute Gasteiger partial charge is 0.211 e. The number of rotatable bonds is 10. The summed E-state index contributed by atoms with van der Waals surface area (Å²) in [5.41, 5.74) is 4.07. The highest BCUT2D eigenvalue weighted by Gasteiger charge is 2.29. The molecule has 0 aliphatic heterocycles. The third-order valence-electron chi connectivity index (χ3n) is 6.24. The Kier molecular flexibility index (Phi) is 6.76. The highest BCUT2D eigenvalue weighted by molar-refractivity contribution is 7.89. The Morgan fingerprint density at radius 2 is 1.87 bits per heavy atom. The van der Waals surface area contributed by atoms with Gasteiger partial charge >= 0.3 is 0 Å². The zero-order valence-electron chi connectivity index (χ0n) is 17.6. The average Bonchev–Trinajstić information content (AvgIpc) is 3.55. The normalized spacial score (nSPS) is 21.2. The molecular weight excluding hydrogens is 396 g/mol. The quantitative estimate of drug-likeness (QED) is 0.570. The summed E-state index contributed by atoms with van der Waals surface area (Å²) in [6.07, 6.45) is 5.25. The van der Waals surface area contributed by atoms with Gasteiger partial charge in [0.25, 0.3) is 0 Å². The van der Waals surface area contributed by atoms with Gasteiger partial charge < -0.3 is 10.1 Å². The van der Waals surface area contributed by atoms with Crippen LogP contribution in [0.4, 0.5) is 0 Å². The first-order chi connectivity index (χ1) is 14.5. The van der Waals surface area contributed by atoms with Gasteiger partial charge in [-0.15, -0.1) is 0 Å². The van der Waals surface area contributed by atoms with E-state index in [0.717, 1.165) is 37.9 Å². The van der Waals surface area contributed by atoms with Crippen LogP contribution in [0.3, 0.4) is 0 Å². The van der Waals surface area contributed by atoms with E-state index in [1.165, 1.54) is 16.7 Å². The van der Waals surface area contributed by atoms with Crippen LogP contribution in [0.5, 0.6) is 5.75 Å². The standard InChI is InChI=1S/C24H32N2O3S/c1-25-24-12-10-20-9-11-21(29-14-13-26-30(27,28)17-19-7-8-19)16-22(20)23(24)15-18-5-3-2-4-6-18/h2-6,9,11,16,19,23-26H,7-8,10,12-15,17H2,1H3/t23-,24+/m1/s1. The lowest BCUT2D eigenvalue weighted by molar-refractivity contribution is 0.320. The largest absolute Gasteiger partial charge is 0.492 e. The summed E-state index contributed by atoms with van der Waals surface area (Å²) in [5.74, 6) is 1.80. The Balaban J connectivity index is 1.41. The van der Waals surface area contributed by atoms with Crippen molar-refractivity contribution in [3.63, 3.8) is 0 Å². The SMILES string of the molecule is CN[C@H]1CCc2ccc(OCCNS(=O)(=O)CC3CC3)cc2[C@H]1Cc1ccccc1. The third-order valence-corrected chi connectivity index (χ3v) is 7.80. The monoisotopic (exact) mass is 428 g/mol. The van der Waals surface area contributed by atoms with Crippen molar-refractivity contribution in [2.75, 3.05) is 26.0 Å². The van der Waals surface area contributed by atoms with Crippen LogP contribution >= 0.6 is 0 Å². The Hall–Kier alpha value is -1.89. The zero-order valence-corrected chi connectivity index (χ0v) is 18.5. The minimum absolute atomic E-state index is 0.248. The van der Waals surface area contributed by atoms with E-state index in [1.807, 2.05) is 13.1 Å². The molecule has 0 heterocycles. The fourth-order valence-electron chi connectivity index (χ4n) is 4.45. The average molecular weight is 429 g/mol. The molecular formula is C24H32N2O3S. The van der Waals surface area contributed by atoms with E-state index < -0.39 is 10.0 Å². The summed E-state index contributed by atoms with van der Waals surface area (Å²) in [6.45, 7) is 0.639. The van der Waals surface area contributed by atoms with Crippen molar-refractivity contribution in [3.05, 3.63) is 65.2 Å². The number of hydrogen-bond donors (Lipinski definition) is 2. The van der Waals surface area contributed by atoms with E-state index in [9.17, 15) is 8.42 Å². The zero-order chi connectivity index (χ0) is 21.0. The fraction of sp³-hybridized carbons (Fsp3) is 0.500. The predicted molar refractivity (Wildman–Crippen MR) is 121 cm³/mol. The summed E-state index contributed by atoms with van der Waals surface area (Å²) in [5, 5.41) is 3.51. The Labute approximate surface area is 180 Å². The van der Waals surface area contributed by atoms with Crippen LogP contribution in [0, 0.1) is 5.92 Å². The number of likely N-dealkylation sites (N-methyl/N-ethyl adjacent to an activating group) is 1. The molecule has 2 atom stereocenters. The predicted octanol–water partition coefficient (Wildman–Crippen LogP) is 3.26. The number of fused-ring (bicyclic) bond motifs is 1. The molecule has 4 rings (SSSR count). The molecule has 2 aliphatic carbocycles. The maximum atomic E-state index is 12.0. The highest BCUT2D eigenvalue weighted by atomic mass is 32.2. The number of ether oxygens (including phenoxy) is 1. The van der Waals surface area contributed by atoms with Gasteiger partial charge in [0, 0.05) is 18.5 Å². The number of aryl methyl sites for hydroxylation is 1. The molecule has 0 bridgehead atoms. The van der Waals surface area contributed by atoms with E-state index in [4.69, 9.17) is 4.74 Å². The summed E-state index contributed by atoms with van der Waals surface area (Å²) in [6, 6.07) is 17.4. The molecule has 1 fully saturated rings. The van der Waals surface area contributed by atoms with Crippen molar-refractivity contribution < 1.29 is 13.2 Å². The summed E-state index contributed by atoms with van der Waals surface area (Å²) >= 11 is 0. The summed E-state index contributed by atoms with van der Waals surface area (Å²) < 4.78 is 32.6. The molecule has 6 heteroatoms. The van der Waals surface area contributed by atoms with Crippen LogP contribution in [-0.4, -0.2) is 40.4 Å². The Morgan fingerprint density at radius 3 is 2.60 bits per heavy atom. The van der Waals surface area contributed by atoms with E-state index >= 15 is 0 Å². The molecule has 1 saturated carbocycles. The maximum Gasteiger partial charge on any atom is 0.211 e. The lowest BCUT2D eigenvalue weighted by Crippen LogP contribution is -2.37. The van der Waals surface area contributed by atoms with Gasteiger partial charge in [-0.1, -0.05) is 36.4 Å². The molecule has 5 nitrogen and oxygen atoms in total. The van der Waals surface area contributed by atoms with Crippen LogP contribution in [0.2, 0.25) is 0 Å². The molecule has 2 aromatic rings. The third kappa shape index (κ3) is 5.62. The molecule has 0 unspecified atom stereocenters. The van der Waals surface area contributed by atoms with E-state index in [1.54, 1.807) is 0 Å². The molecule has 0 amide bonds. The van der Waals surface area contributed by atoms with E-state index in [-0.39, 0.29) is 5.75 Å². The van der Waals surface area contributed by atoms with Crippen molar-refractivity contribution in [2.45, 2.75) is 44.1 Å². The van der Waals surface area contributed by atoms with Crippen molar-refractivity contribution in [1.82, 2.24) is 10.0 Å². The molecule has 0 aromatic heterocycles. The molecule has 2 aliphatic rings. The molecule has 0 spiro atoms. The second-order valence-corrected chi connectivity index (χ2v) is 10.4. The Morgan fingerprint density at radius 1 is 1.07 bits per heavy atom. The second kappa shape index (κ2) is 9.50. The number of benzene rings is 2. The van der Waals surface area contributed by atoms with Crippen LogP contribution in [0.25, 0.3) is 0 Å². The first kappa shape index (κ1) is 21.3. The van der Waals surface area contributed by atoms with Crippen LogP contribution in [0.15, 0.2) is 48.5 Å². The summed E-state index contributed by atoms with van der Waals surface area (Å²) in [7, 11) is -1.14. The maximum absolute atomic E-state index is 12.0. The van der Waals surface area contributed by atoms with E-state index in [2.05, 4.69) is 52.5 Å². The van der Waals surface area contributed by atoms with Gasteiger partial charge in [0.05, 0.1) is 5.75 Å². The lowest BCUT2D eigenvalue weighted by Gasteiger charge is -2.34. The first-order valence-electron chi connectivity index (χ1n) is 11.0. The molecule has 0 saturated heterocycles. The fourth-order valence-corrected chi connectivity index (χ4v) is 5.92. The minimum atomic E-state index is -3.18. The van der Waals surface area contributed by atoms with Crippen molar-refractivity contribution in [3.8, 4) is 5.75 Å². The van der Waals surface area contributed by atoms with Gasteiger partial charge in [-0.3, -0.25) is 0 Å². The minimum Gasteiger partial charge on any atom is -0.492 e. The second-order valence-electron chi connectivity index (χ2n) is 8.56. The van der Waals surface area contributed by atoms with Crippen molar-refractivity contribution >= 4 is 10.0 Å². The molecule has 2 N–H and O–H groups in total. The van der Waals surface area contributed by atoms with Crippen LogP contribution < -0.4 is 14.8 Å². The van der Waals surface area contributed by atoms with Gasteiger partial charge in [-0.2, -0.15) is 0 Å². The van der Waals surface area contributed by atoms with Crippen LogP contribution in [-0.2, 0) is 22.9 Å². The van der Waals surface area contributed by atoms with Gasteiger partial charge in [0.15, 0.2) is 0 Å². The molecule has 30 heavy (non-hydrogen) atoms. The van der Waals surface area contributed by atoms with E-state index in [0.29, 0.717) is 31.0 Å². The molecule has 2 aromatic carbocycles. The number of hydrogen-bond acceptors (Lipinski definition) is 4. The van der Waals surface area contributed by atoms with Crippen molar-refractivity contribution in [1.29, 1.82) is 0 Å². The van der Waals surface area contributed by atoms with Crippen LogP contribution in [0.1, 0.15) is 41.9 Å². The molecule has 0 radical (unpaired) electrons. The number of sulfonamides is 1. The highest BCUT2D eigenvalue weighted by Crippen LogP contribution is 2.36. The van der Waals surface area contributed by atoms with Crippen molar-refractivity contribution in [2.24, 2.45) is 5.92 Å². The van der Waals surface area contributed by atoms with Gasteiger partial charge in [-0.05, 0) is 73.9 Å². The molecule has 162 valence electrons. The first-order valence-corrected chi connectivity index (χ1v) is 12.6. The van der Waals surface area contributed by atoms with Gasteiger partial charge in [-0.25, -0.2) is 13.1 Å². The summed E-state index contributed by atoms with van der Waals surface area (Å²) in [4.78, 5) is 0. The number of nitrogens with one attached hydrogen (secondary N) is 2. The van der Waals surface area contributed by atoms with Gasteiger partial charge in [0.2, 0.25) is 10.0 Å². The van der Waals surface area contributed by atoms with Gasteiger partial charge in [0.1, 0.15) is 12.4 Å².